The van der Waals surface area contributed by atoms with E-state index in [1.54, 1.807) is 18.3 Å². The van der Waals surface area contributed by atoms with Crippen molar-refractivity contribution in [1.82, 2.24) is 0 Å². The first kappa shape index (κ1) is 21.9. The standard InChI is InChI=1S/C8H17.2C2H5O.CH3.Sn/c1-4-6-7-8(3)5-2;2*1-2-3;;/h8H,3-7H2,1-2H3;2*2H2,1H3;1H3;/q;2*-1;;+2. The van der Waals surface area contributed by atoms with Crippen LogP contribution in [0, 0.1) is 5.92 Å². The molecular formula is C13H30O2Sn. The van der Waals surface area contributed by atoms with E-state index in [2.05, 4.69) is 18.8 Å². The maximum absolute atomic E-state index is 8.93. The van der Waals surface area contributed by atoms with Gasteiger partial charge in [0, 0.05) is 0 Å². The SMILES string of the molecule is CCCCC(CC)[CH2][Sn+2][CH3].CC[O-].CC[O-]. The molecule has 0 fully saturated rings. The van der Waals surface area contributed by atoms with Crippen LogP contribution >= 0.6 is 0 Å². The molecule has 0 aliphatic rings. The second kappa shape index (κ2) is 24.8. The Kier molecular flexibility index (Phi) is 34.0. The van der Waals surface area contributed by atoms with Gasteiger partial charge in [0.15, 0.2) is 0 Å². The quantitative estimate of drug-likeness (QED) is 0.697. The zero-order valence-electron chi connectivity index (χ0n) is 11.8. The molecule has 0 N–H and O–H groups in total. The van der Waals surface area contributed by atoms with Gasteiger partial charge < -0.3 is 10.2 Å². The molecule has 2 nitrogen and oxygen atoms in total. The van der Waals surface area contributed by atoms with Crippen molar-refractivity contribution < 1.29 is 10.2 Å². The van der Waals surface area contributed by atoms with Crippen LogP contribution in [0.5, 0.6) is 0 Å². The molecule has 0 rings (SSSR count). The molecule has 0 aromatic rings. The van der Waals surface area contributed by atoms with Crippen molar-refractivity contribution in [1.29, 1.82) is 0 Å². The van der Waals surface area contributed by atoms with Crippen molar-refractivity contribution in [2.24, 2.45) is 5.92 Å². The number of rotatable bonds is 6. The molecule has 3 heteroatoms. The van der Waals surface area contributed by atoms with E-state index in [9.17, 15) is 0 Å². The number of unbranched alkanes of at least 4 members (excludes halogenated alkanes) is 1. The average molecular weight is 337 g/mol. The zero-order valence-corrected chi connectivity index (χ0v) is 14.7. The third-order valence-corrected chi connectivity index (χ3v) is 4.85. The van der Waals surface area contributed by atoms with Crippen LogP contribution in [-0.4, -0.2) is 34.4 Å². The minimum atomic E-state index is 0. The van der Waals surface area contributed by atoms with Gasteiger partial charge in [-0.3, -0.25) is 0 Å². The first-order chi connectivity index (χ1) is 7.67. The monoisotopic (exact) mass is 338 g/mol. The number of hydrogen-bond acceptors (Lipinski definition) is 2. The van der Waals surface area contributed by atoms with Gasteiger partial charge in [-0.15, -0.1) is 13.2 Å². The summed E-state index contributed by atoms with van der Waals surface area (Å²) >= 11 is 0.0956. The van der Waals surface area contributed by atoms with Gasteiger partial charge in [-0.1, -0.05) is 13.8 Å². The van der Waals surface area contributed by atoms with Crippen molar-refractivity contribution in [2.45, 2.75) is 62.8 Å². The van der Waals surface area contributed by atoms with E-state index in [1.165, 1.54) is 25.7 Å². The minimum absolute atomic E-state index is 0. The summed E-state index contributed by atoms with van der Waals surface area (Å²) in [6, 6.07) is 0. The summed E-state index contributed by atoms with van der Waals surface area (Å²) in [6.07, 6.45) is 5.76. The Hall–Kier alpha value is 0.719. The zero-order chi connectivity index (χ0) is 13.2. The Labute approximate surface area is 113 Å². The third-order valence-electron chi connectivity index (χ3n) is 2.04. The van der Waals surface area contributed by atoms with Crippen LogP contribution in [0.2, 0.25) is 9.38 Å². The summed E-state index contributed by atoms with van der Waals surface area (Å²) in [7, 11) is 0. The Morgan fingerprint density at radius 2 is 1.44 bits per heavy atom. The first-order valence-electron chi connectivity index (χ1n) is 6.48. The molecule has 0 spiro atoms. The Bertz CT molecular complexity index is 88.0. The molecule has 1 unspecified atom stereocenters. The van der Waals surface area contributed by atoms with Crippen LogP contribution in [0.4, 0.5) is 0 Å². The summed E-state index contributed by atoms with van der Waals surface area (Å²) in [6.45, 7) is 7.77. The fourth-order valence-electron chi connectivity index (χ4n) is 1.23. The smallest absolute Gasteiger partial charge is 0.0809 e. The molecular weight excluding hydrogens is 307 g/mol. The van der Waals surface area contributed by atoms with Crippen molar-refractivity contribution >= 4 is 21.1 Å². The maximum Gasteiger partial charge on any atom is -0.0809 e. The molecule has 0 saturated carbocycles. The van der Waals surface area contributed by atoms with E-state index in [0.717, 1.165) is 5.92 Å². The summed E-state index contributed by atoms with van der Waals surface area (Å²) in [5.41, 5.74) is 0. The fourth-order valence-corrected chi connectivity index (χ4v) is 4.29. The van der Waals surface area contributed by atoms with Crippen LogP contribution in [-0.2, 0) is 0 Å². The molecule has 0 aromatic heterocycles. The second-order valence-corrected chi connectivity index (χ2v) is 6.73. The summed E-state index contributed by atoms with van der Waals surface area (Å²) in [5.74, 6) is 1.09. The predicted molar refractivity (Wildman–Crippen MR) is 70.8 cm³/mol. The Balaban J connectivity index is -0.000000235. The number of hydrogen-bond donors (Lipinski definition) is 0. The largest absolute Gasteiger partial charge is 0.855 e. The van der Waals surface area contributed by atoms with Gasteiger partial charge in [0.25, 0.3) is 0 Å². The van der Waals surface area contributed by atoms with E-state index in [0.29, 0.717) is 0 Å². The van der Waals surface area contributed by atoms with E-state index in [-0.39, 0.29) is 34.4 Å². The average Bonchev–Trinajstić information content (AvgIpc) is 2.26. The molecule has 1 atom stereocenters. The molecule has 0 bridgehead atoms. The van der Waals surface area contributed by atoms with Gasteiger partial charge >= 0.3 is 76.0 Å². The van der Waals surface area contributed by atoms with Gasteiger partial charge in [0.05, 0.1) is 0 Å². The Morgan fingerprint density at radius 1 is 1.00 bits per heavy atom. The van der Waals surface area contributed by atoms with E-state index >= 15 is 0 Å². The van der Waals surface area contributed by atoms with Gasteiger partial charge in [-0.05, 0) is 0 Å². The molecule has 0 aliphatic carbocycles. The maximum atomic E-state index is 8.93. The van der Waals surface area contributed by atoms with Crippen LogP contribution in [0.15, 0.2) is 0 Å². The summed E-state index contributed by atoms with van der Waals surface area (Å²) < 4.78 is 1.61. The van der Waals surface area contributed by atoms with Crippen molar-refractivity contribution in [3.8, 4) is 0 Å². The van der Waals surface area contributed by atoms with E-state index < -0.39 is 0 Å². The minimum Gasteiger partial charge on any atom is -0.855 e. The molecule has 0 aromatic carbocycles. The van der Waals surface area contributed by atoms with Crippen LogP contribution in [0.1, 0.15) is 53.4 Å². The predicted octanol–water partition coefficient (Wildman–Crippen LogP) is 2.11. The fraction of sp³-hybridized carbons (Fsp3) is 1.00. The third kappa shape index (κ3) is 29.3. The summed E-state index contributed by atoms with van der Waals surface area (Å²) in [5, 5.41) is 17.9. The first-order valence-corrected chi connectivity index (χ1v) is 11.4. The van der Waals surface area contributed by atoms with Crippen molar-refractivity contribution in [2.75, 3.05) is 13.2 Å². The molecule has 0 saturated heterocycles. The molecule has 0 radical (unpaired) electrons. The molecule has 98 valence electrons. The van der Waals surface area contributed by atoms with Gasteiger partial charge in [0.2, 0.25) is 0 Å². The van der Waals surface area contributed by atoms with Gasteiger partial charge in [-0.25, -0.2) is 0 Å². The van der Waals surface area contributed by atoms with Crippen molar-refractivity contribution in [3.63, 3.8) is 0 Å². The molecule has 16 heavy (non-hydrogen) atoms. The van der Waals surface area contributed by atoms with Gasteiger partial charge in [-0.2, -0.15) is 0 Å². The van der Waals surface area contributed by atoms with Crippen LogP contribution in [0.3, 0.4) is 0 Å². The van der Waals surface area contributed by atoms with Crippen molar-refractivity contribution in [3.05, 3.63) is 0 Å². The molecule has 0 heterocycles. The van der Waals surface area contributed by atoms with E-state index in [4.69, 9.17) is 10.2 Å². The normalized spacial score (nSPS) is 10.2. The van der Waals surface area contributed by atoms with E-state index in [1.807, 2.05) is 0 Å². The van der Waals surface area contributed by atoms with Crippen LogP contribution in [0.25, 0.3) is 0 Å². The Morgan fingerprint density at radius 3 is 1.69 bits per heavy atom. The topological polar surface area (TPSA) is 46.1 Å². The second-order valence-electron chi connectivity index (χ2n) is 3.55. The summed E-state index contributed by atoms with van der Waals surface area (Å²) in [4.78, 5) is 2.46. The molecule has 0 amide bonds. The molecule has 0 aliphatic heterocycles. The van der Waals surface area contributed by atoms with Gasteiger partial charge in [0.1, 0.15) is 0 Å². The van der Waals surface area contributed by atoms with Crippen LogP contribution < -0.4 is 10.2 Å².